The van der Waals surface area contributed by atoms with Crippen LogP contribution in [0.3, 0.4) is 0 Å². The van der Waals surface area contributed by atoms with E-state index in [1.807, 2.05) is 37.3 Å². The third-order valence-corrected chi connectivity index (χ3v) is 5.77. The Morgan fingerprint density at radius 1 is 1.36 bits per heavy atom. The fourth-order valence-corrected chi connectivity index (χ4v) is 4.11. The summed E-state index contributed by atoms with van der Waals surface area (Å²) in [5.74, 6) is -0.344. The molecule has 0 heterocycles. The minimum atomic E-state index is -1.01. The molecule has 0 radical (unpaired) electrons. The molecule has 0 saturated carbocycles. The van der Waals surface area contributed by atoms with Gasteiger partial charge in [0.05, 0.1) is 0 Å². The van der Waals surface area contributed by atoms with E-state index >= 15 is 0 Å². The highest BCUT2D eigenvalue weighted by Gasteiger charge is 2.35. The largest absolute Gasteiger partial charge is 0.612 e. The number of hydrogen-bond acceptors (Lipinski definition) is 2. The van der Waals surface area contributed by atoms with Crippen molar-refractivity contribution in [3.63, 3.8) is 0 Å². The predicted molar refractivity (Wildman–Crippen MR) is 100 cm³/mol. The summed E-state index contributed by atoms with van der Waals surface area (Å²) in [6.07, 6.45) is 8.62. The second-order valence-electron chi connectivity index (χ2n) is 6.27. The van der Waals surface area contributed by atoms with Gasteiger partial charge < -0.3 is 4.55 Å². The smallest absolute Gasteiger partial charge is 0.225 e. The van der Waals surface area contributed by atoms with Gasteiger partial charge in [-0.05, 0) is 70.3 Å². The summed E-state index contributed by atoms with van der Waals surface area (Å²) in [7, 11) is 0. The number of carbonyl (C=O) groups excluding carboxylic acids is 1. The van der Waals surface area contributed by atoms with Crippen LogP contribution < -0.4 is 0 Å². The van der Waals surface area contributed by atoms with Gasteiger partial charge in [0.2, 0.25) is 5.24 Å². The molecule has 2 aliphatic rings. The van der Waals surface area contributed by atoms with Crippen molar-refractivity contribution < 1.29 is 13.7 Å². The molecule has 0 aliphatic heterocycles. The molecule has 0 bridgehead atoms. The molecule has 130 valence electrons. The van der Waals surface area contributed by atoms with Crippen molar-refractivity contribution in [3.8, 4) is 0 Å². The maximum absolute atomic E-state index is 13.7. The molecule has 0 saturated heterocycles. The molecule has 0 fully saturated rings. The van der Waals surface area contributed by atoms with E-state index in [1.54, 1.807) is 6.26 Å². The van der Waals surface area contributed by atoms with Crippen LogP contribution in [0.5, 0.6) is 0 Å². The molecule has 0 aromatic heterocycles. The van der Waals surface area contributed by atoms with Crippen molar-refractivity contribution in [3.05, 3.63) is 70.6 Å². The van der Waals surface area contributed by atoms with E-state index in [0.717, 1.165) is 27.2 Å². The van der Waals surface area contributed by atoms with Crippen LogP contribution in [0, 0.1) is 11.8 Å². The number of fused-ring (bicyclic) bond motifs is 1. The van der Waals surface area contributed by atoms with E-state index in [0.29, 0.717) is 0 Å². The molecule has 2 nitrogen and oxygen atoms in total. The van der Waals surface area contributed by atoms with Gasteiger partial charge in [0, 0.05) is 18.3 Å². The van der Waals surface area contributed by atoms with E-state index in [-0.39, 0.29) is 24.1 Å². The maximum atomic E-state index is 13.7. The van der Waals surface area contributed by atoms with Crippen LogP contribution in [0.15, 0.2) is 69.9 Å². The summed E-state index contributed by atoms with van der Waals surface area (Å²) in [6.45, 7) is 2.02. The van der Waals surface area contributed by atoms with Crippen molar-refractivity contribution in [1.29, 1.82) is 0 Å². The second kappa shape index (κ2) is 7.32. The summed E-state index contributed by atoms with van der Waals surface area (Å²) in [5, 5.41) is -0.438. The number of carbonyl (C=O) groups is 1. The highest BCUT2D eigenvalue weighted by Crippen LogP contribution is 2.47. The number of halogens is 2. The summed E-state index contributed by atoms with van der Waals surface area (Å²) in [6, 6.07) is 7.53. The Bertz CT molecular complexity index is 819. The number of hydrogen-bond donors (Lipinski definition) is 0. The molecule has 2 aliphatic carbocycles. The van der Waals surface area contributed by atoms with Gasteiger partial charge in [-0.25, -0.2) is 4.39 Å². The zero-order valence-corrected chi connectivity index (χ0v) is 15.5. The summed E-state index contributed by atoms with van der Waals surface area (Å²) < 4.78 is 25.2. The first-order valence-corrected chi connectivity index (χ1v) is 9.92. The zero-order chi connectivity index (χ0) is 18.1. The molecule has 1 aromatic rings. The Morgan fingerprint density at radius 3 is 2.64 bits per heavy atom. The number of allylic oxidation sites excluding steroid dienone is 7. The third-order valence-electron chi connectivity index (χ3n) is 4.70. The minimum absolute atomic E-state index is 0.00878. The van der Waals surface area contributed by atoms with Gasteiger partial charge in [-0.1, -0.05) is 30.2 Å². The molecule has 3 unspecified atom stereocenters. The van der Waals surface area contributed by atoms with Crippen LogP contribution in [0.4, 0.5) is 4.39 Å². The Hall–Kier alpha value is -1.62. The van der Waals surface area contributed by atoms with Gasteiger partial charge in [0.15, 0.2) is 4.90 Å². The Balaban J connectivity index is 1.98. The van der Waals surface area contributed by atoms with E-state index in [2.05, 4.69) is 6.08 Å². The molecule has 3 rings (SSSR count). The van der Waals surface area contributed by atoms with E-state index in [1.165, 1.54) is 12.2 Å². The molecular weight excluding hydrogens is 359 g/mol. The molecule has 0 spiro atoms. The van der Waals surface area contributed by atoms with Crippen molar-refractivity contribution in [2.45, 2.75) is 18.2 Å². The predicted octanol–water partition coefficient (Wildman–Crippen LogP) is 4.95. The monoisotopic (exact) mass is 376 g/mol. The normalized spacial score (nSPS) is 25.2. The van der Waals surface area contributed by atoms with Crippen LogP contribution in [0.25, 0.3) is 6.08 Å². The topological polar surface area (TPSA) is 40.1 Å². The zero-order valence-electron chi connectivity index (χ0n) is 14.0. The fourth-order valence-electron chi connectivity index (χ4n) is 3.45. The van der Waals surface area contributed by atoms with Gasteiger partial charge in [-0.3, -0.25) is 4.79 Å². The van der Waals surface area contributed by atoms with Crippen LogP contribution >= 0.6 is 11.6 Å². The molecule has 1 aromatic carbocycles. The fraction of sp³-hybridized carbons (Fsp3) is 0.250. The van der Waals surface area contributed by atoms with Gasteiger partial charge in [0.25, 0.3) is 0 Å². The van der Waals surface area contributed by atoms with E-state index in [9.17, 15) is 13.7 Å². The van der Waals surface area contributed by atoms with Gasteiger partial charge in [-0.2, -0.15) is 0 Å². The van der Waals surface area contributed by atoms with Gasteiger partial charge in [0.1, 0.15) is 12.1 Å². The lowest BCUT2D eigenvalue weighted by Gasteiger charge is -2.16. The first-order valence-electron chi connectivity index (χ1n) is 7.98. The van der Waals surface area contributed by atoms with Crippen LogP contribution in [-0.2, 0) is 16.0 Å². The average Bonchev–Trinajstić information content (AvgIpc) is 2.80. The molecule has 3 atom stereocenters. The van der Waals surface area contributed by atoms with Crippen LogP contribution in [-0.4, -0.2) is 16.1 Å². The lowest BCUT2D eigenvalue weighted by Crippen LogP contribution is -2.04. The Labute approximate surface area is 154 Å². The first-order chi connectivity index (χ1) is 11.9. The van der Waals surface area contributed by atoms with Crippen molar-refractivity contribution in [2.75, 3.05) is 6.26 Å². The Morgan fingerprint density at radius 2 is 2.04 bits per heavy atom. The Kier molecular flexibility index (Phi) is 5.32. The van der Waals surface area contributed by atoms with Gasteiger partial charge in [-0.15, -0.1) is 0 Å². The van der Waals surface area contributed by atoms with Crippen molar-refractivity contribution in [2.24, 2.45) is 11.8 Å². The highest BCUT2D eigenvalue weighted by atomic mass is 35.5. The van der Waals surface area contributed by atoms with E-state index < -0.39 is 16.4 Å². The molecule has 25 heavy (non-hydrogen) atoms. The summed E-state index contributed by atoms with van der Waals surface area (Å²) in [5.41, 5.74) is 3.80. The van der Waals surface area contributed by atoms with Crippen molar-refractivity contribution >= 4 is 34.1 Å². The number of rotatable bonds is 4. The summed E-state index contributed by atoms with van der Waals surface area (Å²) in [4.78, 5) is 12.2. The van der Waals surface area contributed by atoms with Crippen LogP contribution in [0.2, 0.25) is 0 Å². The SMILES string of the molecule is CC1C(CC(=O)Cl)=C2C=C(F)C=CC2/C1=C\c1ccc([S+](C)[O-])cc1. The quantitative estimate of drug-likeness (QED) is 0.551. The lowest BCUT2D eigenvalue weighted by molar-refractivity contribution is -0.111. The average molecular weight is 377 g/mol. The molecule has 0 amide bonds. The highest BCUT2D eigenvalue weighted by molar-refractivity contribution is 7.90. The molecule has 0 N–H and O–H groups in total. The maximum Gasteiger partial charge on any atom is 0.225 e. The van der Waals surface area contributed by atoms with Gasteiger partial charge >= 0.3 is 0 Å². The lowest BCUT2D eigenvalue weighted by atomic mass is 9.89. The second-order valence-corrected chi connectivity index (χ2v) is 8.07. The molecule has 5 heteroatoms. The van der Waals surface area contributed by atoms with Crippen LogP contribution in [0.1, 0.15) is 18.9 Å². The summed E-state index contributed by atoms with van der Waals surface area (Å²) >= 11 is 4.58. The molecular formula is C20H18ClFO2S. The number of benzene rings is 1. The first kappa shape index (κ1) is 18.2. The van der Waals surface area contributed by atoms with E-state index in [4.69, 9.17) is 11.6 Å². The third kappa shape index (κ3) is 3.81. The minimum Gasteiger partial charge on any atom is -0.612 e. The standard InChI is InChI=1S/C20H18ClFO2S/c1-12-17(9-13-3-6-15(7-4-13)25(2)24)16-8-5-14(22)10-19(16)18(12)11-20(21)23/h3-10,12,16H,11H2,1-2H3/b17-9-. The van der Waals surface area contributed by atoms with Crippen molar-refractivity contribution in [1.82, 2.24) is 0 Å².